The molecule has 0 aliphatic carbocycles. The van der Waals surface area contributed by atoms with Crippen LogP contribution in [-0.4, -0.2) is 29.8 Å². The molecule has 0 spiro atoms. The largest absolute Gasteiger partial charge is 0.385 e. The summed E-state index contributed by atoms with van der Waals surface area (Å²) >= 11 is 1.81. The van der Waals surface area contributed by atoms with Gasteiger partial charge in [-0.15, -0.1) is 11.3 Å². The molecular formula is C14H21N3OS. The zero-order valence-electron chi connectivity index (χ0n) is 11.6. The minimum atomic E-state index is 0.780. The smallest absolute Gasteiger partial charge is 0.203 e. The van der Waals surface area contributed by atoms with Gasteiger partial charge < -0.3 is 14.6 Å². The molecule has 5 heteroatoms. The third kappa shape index (κ3) is 4.36. The van der Waals surface area contributed by atoms with E-state index < -0.39 is 0 Å². The van der Waals surface area contributed by atoms with Gasteiger partial charge in [0.05, 0.1) is 5.69 Å². The van der Waals surface area contributed by atoms with Crippen molar-refractivity contribution in [3.63, 3.8) is 0 Å². The first kappa shape index (κ1) is 14.1. The van der Waals surface area contributed by atoms with E-state index in [1.807, 2.05) is 18.3 Å². The molecule has 0 fully saturated rings. The van der Waals surface area contributed by atoms with E-state index in [9.17, 15) is 0 Å². The molecule has 0 aliphatic rings. The van der Waals surface area contributed by atoms with E-state index >= 15 is 0 Å². The molecule has 0 saturated heterocycles. The van der Waals surface area contributed by atoms with E-state index in [2.05, 4.69) is 38.6 Å². The van der Waals surface area contributed by atoms with Crippen LogP contribution in [0.5, 0.6) is 0 Å². The van der Waals surface area contributed by atoms with Gasteiger partial charge in [0.15, 0.2) is 0 Å². The lowest BCUT2D eigenvalue weighted by Crippen LogP contribution is -2.11. The van der Waals surface area contributed by atoms with Gasteiger partial charge in [-0.3, -0.25) is 0 Å². The number of nitrogens with zero attached hydrogens (tertiary/aromatic N) is 2. The Morgan fingerprint density at radius 2 is 2.37 bits per heavy atom. The first-order valence-corrected chi connectivity index (χ1v) is 7.46. The highest BCUT2D eigenvalue weighted by Crippen LogP contribution is 2.13. The molecule has 4 nitrogen and oxygen atoms in total. The number of ether oxygens (including phenoxy) is 1. The lowest BCUT2D eigenvalue weighted by atomic mass is 10.3. The molecule has 2 aromatic rings. The highest BCUT2D eigenvalue weighted by atomic mass is 32.1. The minimum absolute atomic E-state index is 0.780. The van der Waals surface area contributed by atoms with Gasteiger partial charge in [-0.1, -0.05) is 6.07 Å². The van der Waals surface area contributed by atoms with Gasteiger partial charge >= 0.3 is 0 Å². The molecule has 2 heterocycles. The molecule has 0 aromatic carbocycles. The highest BCUT2D eigenvalue weighted by molar-refractivity contribution is 7.09. The topological polar surface area (TPSA) is 39.1 Å². The fourth-order valence-electron chi connectivity index (χ4n) is 1.96. The van der Waals surface area contributed by atoms with E-state index in [1.54, 1.807) is 7.11 Å². The number of rotatable bonds is 8. The van der Waals surface area contributed by atoms with Gasteiger partial charge in [0, 0.05) is 37.9 Å². The Hall–Kier alpha value is -1.33. The third-order valence-corrected chi connectivity index (χ3v) is 3.82. The molecule has 0 radical (unpaired) electrons. The predicted octanol–water partition coefficient (Wildman–Crippen LogP) is 2.94. The molecule has 0 atom stereocenters. The average Bonchev–Trinajstić information content (AvgIpc) is 3.02. The number of hydrogen-bond donors (Lipinski definition) is 1. The standard InChI is InChI=1S/C14H21N3OS/c1-12-11-17(8-6-13-5-3-10-19-13)14(16-12)15-7-4-9-18-2/h3,5,10-11H,4,6-9H2,1-2H3,(H,15,16). The SMILES string of the molecule is COCCCNc1nc(C)cn1CCc1cccs1. The van der Waals surface area contributed by atoms with E-state index in [0.29, 0.717) is 0 Å². The normalized spacial score (nSPS) is 10.8. The molecule has 0 aliphatic heterocycles. The Balaban J connectivity index is 1.88. The summed E-state index contributed by atoms with van der Waals surface area (Å²) in [6, 6.07) is 4.28. The fraction of sp³-hybridized carbons (Fsp3) is 0.500. The molecular weight excluding hydrogens is 258 g/mol. The van der Waals surface area contributed by atoms with Gasteiger partial charge in [0.2, 0.25) is 5.95 Å². The summed E-state index contributed by atoms with van der Waals surface area (Å²) in [5.41, 5.74) is 1.06. The molecule has 0 bridgehead atoms. The second-order valence-electron chi connectivity index (χ2n) is 4.50. The van der Waals surface area contributed by atoms with Crippen LogP contribution in [0.2, 0.25) is 0 Å². The van der Waals surface area contributed by atoms with E-state index in [4.69, 9.17) is 4.74 Å². The molecule has 0 unspecified atom stereocenters. The van der Waals surface area contributed by atoms with Crippen LogP contribution in [0.3, 0.4) is 0 Å². The summed E-state index contributed by atoms with van der Waals surface area (Å²) in [6.45, 7) is 4.67. The van der Waals surface area contributed by atoms with Crippen molar-refractivity contribution in [2.45, 2.75) is 26.3 Å². The summed E-state index contributed by atoms with van der Waals surface area (Å²) in [7, 11) is 1.73. The number of aromatic nitrogens is 2. The minimum Gasteiger partial charge on any atom is -0.385 e. The van der Waals surface area contributed by atoms with Crippen molar-refractivity contribution in [1.29, 1.82) is 0 Å². The van der Waals surface area contributed by atoms with Gasteiger partial charge in [0.1, 0.15) is 0 Å². The molecule has 1 N–H and O–H groups in total. The van der Waals surface area contributed by atoms with Crippen molar-refractivity contribution in [2.24, 2.45) is 0 Å². The average molecular weight is 279 g/mol. The number of imidazole rings is 1. The maximum absolute atomic E-state index is 5.05. The van der Waals surface area contributed by atoms with Gasteiger partial charge in [-0.2, -0.15) is 0 Å². The number of methoxy groups -OCH3 is 1. The number of hydrogen-bond acceptors (Lipinski definition) is 4. The van der Waals surface area contributed by atoms with Crippen LogP contribution in [0.25, 0.3) is 0 Å². The third-order valence-electron chi connectivity index (χ3n) is 2.88. The molecule has 104 valence electrons. The summed E-state index contributed by atoms with van der Waals surface area (Å²) in [5.74, 6) is 0.963. The van der Waals surface area contributed by atoms with Crippen molar-refractivity contribution < 1.29 is 4.74 Å². The quantitative estimate of drug-likeness (QED) is 0.755. The Morgan fingerprint density at radius 1 is 1.47 bits per heavy atom. The number of thiophene rings is 1. The van der Waals surface area contributed by atoms with Crippen LogP contribution in [0.1, 0.15) is 17.0 Å². The van der Waals surface area contributed by atoms with Crippen LogP contribution in [0, 0.1) is 6.92 Å². The van der Waals surface area contributed by atoms with Crippen LogP contribution in [0.4, 0.5) is 5.95 Å². The molecule has 19 heavy (non-hydrogen) atoms. The second kappa shape index (κ2) is 7.31. The summed E-state index contributed by atoms with van der Waals surface area (Å²) in [4.78, 5) is 5.94. The lowest BCUT2D eigenvalue weighted by molar-refractivity contribution is 0.197. The monoisotopic (exact) mass is 279 g/mol. The van der Waals surface area contributed by atoms with Crippen LogP contribution >= 0.6 is 11.3 Å². The first-order valence-electron chi connectivity index (χ1n) is 6.58. The number of anilines is 1. The molecule has 0 saturated carbocycles. The fourth-order valence-corrected chi connectivity index (χ4v) is 2.66. The number of aryl methyl sites for hydroxylation is 3. The summed E-state index contributed by atoms with van der Waals surface area (Å²) in [6.07, 6.45) is 4.15. The zero-order valence-corrected chi connectivity index (χ0v) is 12.4. The lowest BCUT2D eigenvalue weighted by Gasteiger charge is -2.09. The molecule has 2 aromatic heterocycles. The second-order valence-corrected chi connectivity index (χ2v) is 5.53. The van der Waals surface area contributed by atoms with Crippen molar-refractivity contribution >= 4 is 17.3 Å². The van der Waals surface area contributed by atoms with Gasteiger partial charge in [-0.05, 0) is 31.2 Å². The van der Waals surface area contributed by atoms with Crippen LogP contribution < -0.4 is 5.32 Å². The first-order chi connectivity index (χ1) is 9.29. The Bertz CT molecular complexity index is 479. The van der Waals surface area contributed by atoms with E-state index in [1.165, 1.54) is 4.88 Å². The van der Waals surface area contributed by atoms with Gasteiger partial charge in [-0.25, -0.2) is 4.98 Å². The molecule has 2 rings (SSSR count). The van der Waals surface area contributed by atoms with Gasteiger partial charge in [0.25, 0.3) is 0 Å². The predicted molar refractivity (Wildman–Crippen MR) is 80.0 cm³/mol. The van der Waals surface area contributed by atoms with Crippen LogP contribution in [-0.2, 0) is 17.7 Å². The number of nitrogens with one attached hydrogen (secondary N) is 1. The summed E-state index contributed by atoms with van der Waals surface area (Å²) < 4.78 is 7.24. The Kier molecular flexibility index (Phi) is 5.42. The zero-order chi connectivity index (χ0) is 13.5. The molecule has 0 amide bonds. The highest BCUT2D eigenvalue weighted by Gasteiger charge is 2.05. The van der Waals surface area contributed by atoms with E-state index in [0.717, 1.165) is 44.2 Å². The summed E-state index contributed by atoms with van der Waals surface area (Å²) in [5, 5.41) is 5.50. The van der Waals surface area contributed by atoms with Crippen LogP contribution in [0.15, 0.2) is 23.7 Å². The Labute approximate surface area is 118 Å². The van der Waals surface area contributed by atoms with Crippen molar-refractivity contribution in [3.8, 4) is 0 Å². The van der Waals surface area contributed by atoms with Crippen molar-refractivity contribution in [3.05, 3.63) is 34.3 Å². The van der Waals surface area contributed by atoms with E-state index in [-0.39, 0.29) is 0 Å². The maximum atomic E-state index is 5.05. The van der Waals surface area contributed by atoms with Crippen molar-refractivity contribution in [1.82, 2.24) is 9.55 Å². The van der Waals surface area contributed by atoms with Crippen molar-refractivity contribution in [2.75, 3.05) is 25.6 Å². The Morgan fingerprint density at radius 3 is 3.11 bits per heavy atom. The maximum Gasteiger partial charge on any atom is 0.203 e.